The van der Waals surface area contributed by atoms with E-state index in [1.165, 1.54) is 6.92 Å². The number of esters is 1. The van der Waals surface area contributed by atoms with Crippen LogP contribution < -0.4 is 0 Å². The van der Waals surface area contributed by atoms with Crippen molar-refractivity contribution in [2.75, 3.05) is 0 Å². The van der Waals surface area contributed by atoms with Crippen molar-refractivity contribution in [3.05, 3.63) is 35.4 Å². The van der Waals surface area contributed by atoms with Crippen LogP contribution in [-0.4, -0.2) is 17.9 Å². The average Bonchev–Trinajstić information content (AvgIpc) is 2.17. The number of aryl methyl sites for hydroxylation is 1. The van der Waals surface area contributed by atoms with E-state index < -0.39 is 12.1 Å². The zero-order valence-electron chi connectivity index (χ0n) is 9.11. The van der Waals surface area contributed by atoms with Crippen molar-refractivity contribution in [3.8, 4) is 0 Å². The Kier molecular flexibility index (Phi) is 3.61. The Morgan fingerprint density at radius 2 is 1.73 bits per heavy atom. The second-order valence-corrected chi connectivity index (χ2v) is 3.48. The van der Waals surface area contributed by atoms with Gasteiger partial charge in [0.2, 0.25) is 5.78 Å². The van der Waals surface area contributed by atoms with E-state index in [2.05, 4.69) is 0 Å². The number of ketones is 1. The molecule has 80 valence electrons. The van der Waals surface area contributed by atoms with Crippen molar-refractivity contribution < 1.29 is 14.3 Å². The Bertz CT molecular complexity index is 365. The molecule has 3 heteroatoms. The summed E-state index contributed by atoms with van der Waals surface area (Å²) in [6.07, 6.45) is -0.717. The van der Waals surface area contributed by atoms with Gasteiger partial charge in [0.1, 0.15) is 0 Å². The summed E-state index contributed by atoms with van der Waals surface area (Å²) in [7, 11) is 0. The number of hydrogen-bond acceptors (Lipinski definition) is 3. The Morgan fingerprint density at radius 1 is 1.20 bits per heavy atom. The third-order valence-electron chi connectivity index (χ3n) is 2.05. The van der Waals surface area contributed by atoms with Crippen molar-refractivity contribution in [3.63, 3.8) is 0 Å². The highest BCUT2D eigenvalue weighted by Crippen LogP contribution is 2.08. The van der Waals surface area contributed by atoms with Crippen molar-refractivity contribution in [2.24, 2.45) is 0 Å². The quantitative estimate of drug-likeness (QED) is 0.562. The van der Waals surface area contributed by atoms with Crippen LogP contribution in [-0.2, 0) is 9.53 Å². The zero-order chi connectivity index (χ0) is 11.4. The average molecular weight is 206 g/mol. The van der Waals surface area contributed by atoms with Crippen molar-refractivity contribution in [1.82, 2.24) is 0 Å². The van der Waals surface area contributed by atoms with Crippen molar-refractivity contribution in [1.29, 1.82) is 0 Å². The van der Waals surface area contributed by atoms with Crippen LogP contribution in [0.3, 0.4) is 0 Å². The fraction of sp³-hybridized carbons (Fsp3) is 0.333. The van der Waals surface area contributed by atoms with Gasteiger partial charge in [0.05, 0.1) is 0 Å². The van der Waals surface area contributed by atoms with E-state index in [-0.39, 0.29) is 5.78 Å². The van der Waals surface area contributed by atoms with Gasteiger partial charge in [-0.15, -0.1) is 0 Å². The van der Waals surface area contributed by atoms with Crippen LogP contribution in [0.2, 0.25) is 0 Å². The van der Waals surface area contributed by atoms with Gasteiger partial charge >= 0.3 is 5.97 Å². The number of carbonyl (C=O) groups excluding carboxylic acids is 2. The third-order valence-corrected chi connectivity index (χ3v) is 2.05. The molecule has 0 amide bonds. The highest BCUT2D eigenvalue weighted by atomic mass is 16.5. The molecule has 1 aromatic carbocycles. The first-order chi connectivity index (χ1) is 7.00. The molecule has 0 N–H and O–H groups in total. The van der Waals surface area contributed by atoms with Crippen LogP contribution >= 0.6 is 0 Å². The fourth-order valence-electron chi connectivity index (χ4n) is 1.26. The van der Waals surface area contributed by atoms with E-state index in [4.69, 9.17) is 4.74 Å². The van der Waals surface area contributed by atoms with Crippen LogP contribution in [0.25, 0.3) is 0 Å². The summed E-state index contributed by atoms with van der Waals surface area (Å²) in [5.74, 6) is -0.617. The summed E-state index contributed by atoms with van der Waals surface area (Å²) < 4.78 is 4.81. The lowest BCUT2D eigenvalue weighted by molar-refractivity contribution is -0.143. The van der Waals surface area contributed by atoms with Crippen LogP contribution in [0.5, 0.6) is 0 Å². The monoisotopic (exact) mass is 206 g/mol. The summed E-state index contributed by atoms with van der Waals surface area (Å²) in [5.41, 5.74) is 1.65. The van der Waals surface area contributed by atoms with E-state index in [0.29, 0.717) is 5.56 Å². The molecule has 1 rings (SSSR count). The van der Waals surface area contributed by atoms with E-state index in [1.54, 1.807) is 19.1 Å². The van der Waals surface area contributed by atoms with Crippen LogP contribution in [0.1, 0.15) is 29.8 Å². The maximum absolute atomic E-state index is 11.7. The van der Waals surface area contributed by atoms with E-state index >= 15 is 0 Å². The first kappa shape index (κ1) is 11.4. The third kappa shape index (κ3) is 3.20. The number of rotatable bonds is 3. The second-order valence-electron chi connectivity index (χ2n) is 3.48. The molecule has 0 aliphatic rings. The van der Waals surface area contributed by atoms with Crippen molar-refractivity contribution >= 4 is 11.8 Å². The van der Waals surface area contributed by atoms with Gasteiger partial charge in [0.25, 0.3) is 0 Å². The van der Waals surface area contributed by atoms with Gasteiger partial charge in [0, 0.05) is 12.5 Å². The standard InChI is InChI=1S/C12H14O3/c1-8-4-6-11(7-5-8)12(14)9(2)15-10(3)13/h4-7,9H,1-3H3. The Balaban J connectivity index is 2.76. The highest BCUT2D eigenvalue weighted by Gasteiger charge is 2.17. The van der Waals surface area contributed by atoms with Crippen LogP contribution in [0.15, 0.2) is 24.3 Å². The van der Waals surface area contributed by atoms with Gasteiger partial charge in [0.15, 0.2) is 6.10 Å². The normalized spacial score (nSPS) is 11.9. The van der Waals surface area contributed by atoms with Crippen molar-refractivity contribution in [2.45, 2.75) is 26.9 Å². The number of carbonyl (C=O) groups is 2. The molecule has 0 saturated heterocycles. The highest BCUT2D eigenvalue weighted by molar-refractivity contribution is 6.00. The summed E-state index contributed by atoms with van der Waals surface area (Å²) >= 11 is 0. The fourth-order valence-corrected chi connectivity index (χ4v) is 1.26. The van der Waals surface area contributed by atoms with Crippen LogP contribution in [0, 0.1) is 6.92 Å². The first-order valence-corrected chi connectivity index (χ1v) is 4.79. The predicted octanol–water partition coefficient (Wildman–Crippen LogP) is 2.13. The smallest absolute Gasteiger partial charge is 0.303 e. The minimum absolute atomic E-state index is 0.176. The van der Waals surface area contributed by atoms with E-state index in [9.17, 15) is 9.59 Å². The molecule has 0 aliphatic heterocycles. The molecular weight excluding hydrogens is 192 g/mol. The number of ether oxygens (including phenoxy) is 1. The van der Waals surface area contributed by atoms with Gasteiger partial charge in [-0.25, -0.2) is 0 Å². The molecule has 0 bridgehead atoms. The van der Waals surface area contributed by atoms with Gasteiger partial charge in [-0.1, -0.05) is 29.8 Å². The Hall–Kier alpha value is -1.64. The molecular formula is C12H14O3. The number of benzene rings is 1. The molecule has 0 spiro atoms. The lowest BCUT2D eigenvalue weighted by atomic mass is 10.1. The molecule has 1 aromatic rings. The summed E-state index contributed by atoms with van der Waals surface area (Å²) in [6, 6.07) is 7.18. The molecule has 0 aromatic heterocycles. The molecule has 0 radical (unpaired) electrons. The van der Waals surface area contributed by atoms with Crippen LogP contribution in [0.4, 0.5) is 0 Å². The molecule has 0 saturated carbocycles. The zero-order valence-corrected chi connectivity index (χ0v) is 9.11. The number of Topliss-reactive ketones (excluding diaryl/α,β-unsaturated/α-hetero) is 1. The maximum atomic E-state index is 11.7. The van der Waals surface area contributed by atoms with Gasteiger partial charge in [-0.3, -0.25) is 9.59 Å². The maximum Gasteiger partial charge on any atom is 0.303 e. The topological polar surface area (TPSA) is 43.4 Å². The minimum Gasteiger partial charge on any atom is -0.454 e. The molecule has 0 heterocycles. The SMILES string of the molecule is CC(=O)OC(C)C(=O)c1ccc(C)cc1. The molecule has 1 unspecified atom stereocenters. The largest absolute Gasteiger partial charge is 0.454 e. The molecule has 0 aliphatic carbocycles. The van der Waals surface area contributed by atoms with Gasteiger partial charge < -0.3 is 4.74 Å². The lowest BCUT2D eigenvalue weighted by Crippen LogP contribution is -2.23. The molecule has 15 heavy (non-hydrogen) atoms. The van der Waals surface area contributed by atoms with E-state index in [1.807, 2.05) is 19.1 Å². The summed E-state index contributed by atoms with van der Waals surface area (Å²) in [4.78, 5) is 22.4. The second kappa shape index (κ2) is 4.73. The lowest BCUT2D eigenvalue weighted by Gasteiger charge is -2.10. The Labute approximate surface area is 89.1 Å². The van der Waals surface area contributed by atoms with Gasteiger partial charge in [-0.05, 0) is 13.8 Å². The molecule has 3 nitrogen and oxygen atoms in total. The first-order valence-electron chi connectivity index (χ1n) is 4.79. The number of hydrogen-bond donors (Lipinski definition) is 0. The van der Waals surface area contributed by atoms with Gasteiger partial charge in [-0.2, -0.15) is 0 Å². The minimum atomic E-state index is -0.717. The van der Waals surface area contributed by atoms with E-state index in [0.717, 1.165) is 5.56 Å². The summed E-state index contributed by atoms with van der Waals surface area (Å²) in [6.45, 7) is 4.81. The Morgan fingerprint density at radius 3 is 2.20 bits per heavy atom. The molecule has 1 atom stereocenters. The predicted molar refractivity (Wildman–Crippen MR) is 56.7 cm³/mol. The summed E-state index contributed by atoms with van der Waals surface area (Å²) in [5, 5.41) is 0. The molecule has 0 fully saturated rings.